The zero-order valence-electron chi connectivity index (χ0n) is 12.9. The summed E-state index contributed by atoms with van der Waals surface area (Å²) in [6, 6.07) is 5.96. The van der Waals surface area contributed by atoms with Crippen LogP contribution >= 0.6 is 35.3 Å². The number of aliphatic imine (C=N–C) groups is 1. The number of hydrogen-bond acceptors (Lipinski definition) is 4. The van der Waals surface area contributed by atoms with E-state index in [4.69, 9.17) is 0 Å². The second-order valence-electron chi connectivity index (χ2n) is 4.60. The van der Waals surface area contributed by atoms with E-state index in [1.54, 1.807) is 18.4 Å². The Morgan fingerprint density at radius 1 is 1.18 bits per heavy atom. The summed E-state index contributed by atoms with van der Waals surface area (Å²) in [5.41, 5.74) is 2.22. The van der Waals surface area contributed by atoms with Crippen LogP contribution in [0.4, 0.5) is 0 Å². The van der Waals surface area contributed by atoms with E-state index >= 15 is 0 Å². The third kappa shape index (κ3) is 6.69. The van der Waals surface area contributed by atoms with E-state index in [-0.39, 0.29) is 24.0 Å². The highest BCUT2D eigenvalue weighted by atomic mass is 127. The standard InChI is InChI=1S/C15H21N5S.HI/c1-12-20-14(11-21-12)7-10-19-15(16-2)18-9-6-13-5-3-4-8-17-13;/h3-5,8,11H,6-7,9-10H2,1-2H3,(H2,16,18,19);1H. The quantitative estimate of drug-likeness (QED) is 0.419. The summed E-state index contributed by atoms with van der Waals surface area (Å²) < 4.78 is 0. The summed E-state index contributed by atoms with van der Waals surface area (Å²) in [4.78, 5) is 13.0. The van der Waals surface area contributed by atoms with Crippen molar-refractivity contribution < 1.29 is 0 Å². The number of pyridine rings is 1. The number of aromatic nitrogens is 2. The number of thiazole rings is 1. The van der Waals surface area contributed by atoms with Gasteiger partial charge in [-0.05, 0) is 19.1 Å². The zero-order valence-corrected chi connectivity index (χ0v) is 16.0. The van der Waals surface area contributed by atoms with Gasteiger partial charge < -0.3 is 10.6 Å². The van der Waals surface area contributed by atoms with Crippen LogP contribution in [0, 0.1) is 6.92 Å². The van der Waals surface area contributed by atoms with Crippen molar-refractivity contribution in [3.8, 4) is 0 Å². The molecule has 2 aromatic heterocycles. The second-order valence-corrected chi connectivity index (χ2v) is 5.67. The SMILES string of the molecule is CN=C(NCCc1ccccn1)NCCc1csc(C)n1.I. The zero-order chi connectivity index (χ0) is 14.9. The van der Waals surface area contributed by atoms with Crippen molar-refractivity contribution in [3.05, 3.63) is 46.2 Å². The molecule has 22 heavy (non-hydrogen) atoms. The van der Waals surface area contributed by atoms with Gasteiger partial charge in [-0.15, -0.1) is 35.3 Å². The fourth-order valence-corrected chi connectivity index (χ4v) is 2.55. The van der Waals surface area contributed by atoms with Crippen molar-refractivity contribution in [1.29, 1.82) is 0 Å². The molecule has 0 saturated carbocycles. The van der Waals surface area contributed by atoms with Gasteiger partial charge in [0.15, 0.2) is 5.96 Å². The molecule has 0 aliphatic carbocycles. The largest absolute Gasteiger partial charge is 0.356 e. The van der Waals surface area contributed by atoms with Gasteiger partial charge in [-0.25, -0.2) is 4.98 Å². The maximum atomic E-state index is 4.45. The summed E-state index contributed by atoms with van der Waals surface area (Å²) in [6.07, 6.45) is 3.61. The van der Waals surface area contributed by atoms with Gasteiger partial charge in [-0.2, -0.15) is 0 Å². The molecule has 0 aliphatic heterocycles. The third-order valence-electron chi connectivity index (χ3n) is 2.96. The number of nitrogens with one attached hydrogen (secondary N) is 2. The molecule has 0 atom stereocenters. The predicted octanol–water partition coefficient (Wildman–Crippen LogP) is 2.41. The van der Waals surface area contributed by atoms with Crippen molar-refractivity contribution in [2.24, 2.45) is 4.99 Å². The highest BCUT2D eigenvalue weighted by Crippen LogP contribution is 2.07. The monoisotopic (exact) mass is 431 g/mol. The van der Waals surface area contributed by atoms with Gasteiger partial charge in [0, 0.05) is 50.2 Å². The fourth-order valence-electron chi connectivity index (χ4n) is 1.91. The van der Waals surface area contributed by atoms with Gasteiger partial charge >= 0.3 is 0 Å². The lowest BCUT2D eigenvalue weighted by Gasteiger charge is -2.11. The lowest BCUT2D eigenvalue weighted by Crippen LogP contribution is -2.39. The minimum atomic E-state index is 0. The number of halogens is 1. The molecular formula is C15H22IN5S. The molecule has 0 aliphatic rings. The molecule has 0 aromatic carbocycles. The summed E-state index contributed by atoms with van der Waals surface area (Å²) in [6.45, 7) is 3.67. The molecule has 0 unspecified atom stereocenters. The molecule has 0 radical (unpaired) electrons. The molecule has 2 aromatic rings. The van der Waals surface area contributed by atoms with Crippen molar-refractivity contribution in [1.82, 2.24) is 20.6 Å². The summed E-state index contributed by atoms with van der Waals surface area (Å²) in [7, 11) is 1.78. The third-order valence-corrected chi connectivity index (χ3v) is 3.79. The highest BCUT2D eigenvalue weighted by Gasteiger charge is 2.01. The Kier molecular flexibility index (Phi) is 8.98. The van der Waals surface area contributed by atoms with Crippen LogP contribution in [0.2, 0.25) is 0 Å². The predicted molar refractivity (Wildman–Crippen MR) is 103 cm³/mol. The van der Waals surface area contributed by atoms with Crippen molar-refractivity contribution >= 4 is 41.3 Å². The molecule has 2 rings (SSSR count). The van der Waals surface area contributed by atoms with Crippen LogP contribution in [0.1, 0.15) is 16.4 Å². The maximum Gasteiger partial charge on any atom is 0.191 e. The first-order chi connectivity index (χ1) is 10.3. The number of guanidine groups is 1. The van der Waals surface area contributed by atoms with Crippen LogP contribution in [0.3, 0.4) is 0 Å². The molecule has 2 heterocycles. The lowest BCUT2D eigenvalue weighted by atomic mass is 10.3. The second kappa shape index (κ2) is 10.5. The minimum Gasteiger partial charge on any atom is -0.356 e. The molecular weight excluding hydrogens is 409 g/mol. The molecule has 0 saturated heterocycles. The van der Waals surface area contributed by atoms with Gasteiger partial charge in [-0.3, -0.25) is 9.98 Å². The Bertz CT molecular complexity index is 570. The van der Waals surface area contributed by atoms with E-state index in [1.165, 1.54) is 0 Å². The first-order valence-electron chi connectivity index (χ1n) is 7.03. The molecule has 120 valence electrons. The molecule has 0 spiro atoms. The average Bonchev–Trinajstić information content (AvgIpc) is 2.92. The van der Waals surface area contributed by atoms with Crippen LogP contribution in [-0.2, 0) is 12.8 Å². The van der Waals surface area contributed by atoms with Crippen LogP contribution in [0.25, 0.3) is 0 Å². The Balaban J connectivity index is 0.00000242. The molecule has 7 heteroatoms. The van der Waals surface area contributed by atoms with Crippen LogP contribution in [-0.4, -0.2) is 36.1 Å². The van der Waals surface area contributed by atoms with Crippen LogP contribution in [0.15, 0.2) is 34.8 Å². The highest BCUT2D eigenvalue weighted by molar-refractivity contribution is 14.0. The van der Waals surface area contributed by atoms with E-state index in [2.05, 4.69) is 31.0 Å². The molecule has 0 amide bonds. The normalized spacial score (nSPS) is 10.9. The van der Waals surface area contributed by atoms with Crippen molar-refractivity contribution in [3.63, 3.8) is 0 Å². The van der Waals surface area contributed by atoms with Gasteiger partial charge in [0.25, 0.3) is 0 Å². The topological polar surface area (TPSA) is 62.2 Å². The molecule has 0 bridgehead atoms. The maximum absolute atomic E-state index is 4.45. The Morgan fingerprint density at radius 2 is 1.91 bits per heavy atom. The van der Waals surface area contributed by atoms with Gasteiger partial charge in [-0.1, -0.05) is 6.07 Å². The van der Waals surface area contributed by atoms with E-state index in [1.807, 2.05) is 31.3 Å². The molecule has 2 N–H and O–H groups in total. The summed E-state index contributed by atoms with van der Waals surface area (Å²) in [5.74, 6) is 0.817. The Labute approximate surface area is 152 Å². The van der Waals surface area contributed by atoms with Crippen LogP contribution < -0.4 is 10.6 Å². The lowest BCUT2D eigenvalue weighted by molar-refractivity contribution is 0.770. The number of aryl methyl sites for hydroxylation is 1. The number of rotatable bonds is 6. The van der Waals surface area contributed by atoms with Gasteiger partial charge in [0.1, 0.15) is 0 Å². The van der Waals surface area contributed by atoms with E-state index in [9.17, 15) is 0 Å². The van der Waals surface area contributed by atoms with E-state index in [0.29, 0.717) is 0 Å². The first kappa shape index (κ1) is 18.8. The smallest absolute Gasteiger partial charge is 0.191 e. The molecule has 5 nitrogen and oxygen atoms in total. The van der Waals surface area contributed by atoms with Crippen molar-refractivity contribution in [2.45, 2.75) is 19.8 Å². The minimum absolute atomic E-state index is 0. The number of nitrogens with zero attached hydrogens (tertiary/aromatic N) is 3. The van der Waals surface area contributed by atoms with E-state index < -0.39 is 0 Å². The van der Waals surface area contributed by atoms with E-state index in [0.717, 1.165) is 48.3 Å². The van der Waals surface area contributed by atoms with Crippen molar-refractivity contribution in [2.75, 3.05) is 20.1 Å². The first-order valence-corrected chi connectivity index (χ1v) is 7.91. The Morgan fingerprint density at radius 3 is 2.45 bits per heavy atom. The number of hydrogen-bond donors (Lipinski definition) is 2. The molecule has 0 fully saturated rings. The van der Waals surface area contributed by atoms with Crippen LogP contribution in [0.5, 0.6) is 0 Å². The summed E-state index contributed by atoms with van der Waals surface area (Å²) >= 11 is 1.69. The summed E-state index contributed by atoms with van der Waals surface area (Å²) in [5, 5.41) is 9.81. The Hall–Kier alpha value is -1.22. The van der Waals surface area contributed by atoms with Gasteiger partial charge in [0.2, 0.25) is 0 Å². The van der Waals surface area contributed by atoms with Gasteiger partial charge in [0.05, 0.1) is 10.7 Å². The fraction of sp³-hybridized carbons (Fsp3) is 0.400. The average molecular weight is 431 g/mol.